The third-order valence-corrected chi connectivity index (χ3v) is 5.97. The van der Waals surface area contributed by atoms with E-state index in [-0.39, 0.29) is 28.7 Å². The van der Waals surface area contributed by atoms with E-state index in [0.717, 1.165) is 36.3 Å². The van der Waals surface area contributed by atoms with Crippen LogP contribution in [0.1, 0.15) is 37.2 Å². The lowest BCUT2D eigenvalue weighted by atomic mass is 9.79. The summed E-state index contributed by atoms with van der Waals surface area (Å²) in [5, 5.41) is 3.52. The topological polar surface area (TPSA) is 46.2 Å². The van der Waals surface area contributed by atoms with Gasteiger partial charge in [0.15, 0.2) is 5.12 Å². The van der Waals surface area contributed by atoms with Crippen molar-refractivity contribution in [1.82, 2.24) is 5.32 Å². The van der Waals surface area contributed by atoms with Gasteiger partial charge in [-0.25, -0.2) is 4.39 Å². The molecule has 0 amide bonds. The van der Waals surface area contributed by atoms with E-state index >= 15 is 0 Å². The van der Waals surface area contributed by atoms with Gasteiger partial charge in [-0.3, -0.25) is 9.59 Å². The van der Waals surface area contributed by atoms with Gasteiger partial charge in [0.1, 0.15) is 11.6 Å². The van der Waals surface area contributed by atoms with Crippen molar-refractivity contribution in [2.75, 3.05) is 6.54 Å². The van der Waals surface area contributed by atoms with Gasteiger partial charge in [0.25, 0.3) is 0 Å². The fourth-order valence-corrected chi connectivity index (χ4v) is 4.65. The minimum absolute atomic E-state index is 0.0529. The molecule has 1 aromatic carbocycles. The van der Waals surface area contributed by atoms with Crippen molar-refractivity contribution in [3.05, 3.63) is 46.1 Å². The fraction of sp³-hybridized carbons (Fsp3) is 0.444. The Morgan fingerprint density at radius 3 is 2.83 bits per heavy atom. The Hall–Kier alpha value is -1.46. The van der Waals surface area contributed by atoms with Crippen molar-refractivity contribution >= 4 is 22.7 Å². The van der Waals surface area contributed by atoms with E-state index < -0.39 is 5.92 Å². The molecule has 2 unspecified atom stereocenters. The van der Waals surface area contributed by atoms with E-state index in [1.807, 2.05) is 0 Å². The molecule has 1 aliphatic carbocycles. The van der Waals surface area contributed by atoms with E-state index in [0.29, 0.717) is 12.0 Å². The van der Waals surface area contributed by atoms with Crippen LogP contribution >= 0.6 is 11.8 Å². The van der Waals surface area contributed by atoms with Gasteiger partial charge in [0.2, 0.25) is 0 Å². The molecule has 4 rings (SSSR count). The van der Waals surface area contributed by atoms with Crippen LogP contribution in [0.5, 0.6) is 0 Å². The summed E-state index contributed by atoms with van der Waals surface area (Å²) in [6.07, 6.45) is 3.00. The molecule has 0 radical (unpaired) electrons. The van der Waals surface area contributed by atoms with Crippen LogP contribution in [0.4, 0.5) is 4.39 Å². The van der Waals surface area contributed by atoms with Crippen LogP contribution in [-0.2, 0) is 9.59 Å². The Labute approximate surface area is 138 Å². The van der Waals surface area contributed by atoms with Crippen LogP contribution in [-0.4, -0.2) is 23.5 Å². The second-order valence-electron chi connectivity index (χ2n) is 6.46. The van der Waals surface area contributed by atoms with Gasteiger partial charge in [-0.15, -0.1) is 0 Å². The highest BCUT2D eigenvalue weighted by Crippen LogP contribution is 2.45. The first-order valence-corrected chi connectivity index (χ1v) is 8.91. The van der Waals surface area contributed by atoms with Crippen molar-refractivity contribution in [3.63, 3.8) is 0 Å². The molecule has 2 atom stereocenters. The first-order valence-electron chi connectivity index (χ1n) is 8.09. The first kappa shape index (κ1) is 15.1. The summed E-state index contributed by atoms with van der Waals surface area (Å²) in [5.41, 5.74) is 1.47. The van der Waals surface area contributed by atoms with Gasteiger partial charge >= 0.3 is 0 Å². The summed E-state index contributed by atoms with van der Waals surface area (Å²) in [7, 11) is 0. The van der Waals surface area contributed by atoms with Crippen LogP contribution in [0.2, 0.25) is 0 Å². The second-order valence-corrected chi connectivity index (χ2v) is 7.61. The highest BCUT2D eigenvalue weighted by atomic mass is 32.2. The predicted molar refractivity (Wildman–Crippen MR) is 87.5 cm³/mol. The number of ketones is 1. The molecule has 5 heteroatoms. The molecular weight excluding hydrogens is 313 g/mol. The number of Topliss-reactive ketones (excluding diaryl/α,β-unsaturated/α-hetero) is 1. The summed E-state index contributed by atoms with van der Waals surface area (Å²) < 4.78 is 14.4. The Bertz CT molecular complexity index is 711. The van der Waals surface area contributed by atoms with Crippen molar-refractivity contribution in [2.24, 2.45) is 5.92 Å². The lowest BCUT2D eigenvalue weighted by Gasteiger charge is -2.32. The quantitative estimate of drug-likeness (QED) is 0.920. The molecule has 1 fully saturated rings. The van der Waals surface area contributed by atoms with Crippen LogP contribution in [0, 0.1) is 11.7 Å². The Morgan fingerprint density at radius 1 is 1.30 bits per heavy atom. The van der Waals surface area contributed by atoms with Crippen molar-refractivity contribution < 1.29 is 14.0 Å². The average Bonchev–Trinajstić information content (AvgIpc) is 3.31. The van der Waals surface area contributed by atoms with Crippen LogP contribution in [0.3, 0.4) is 0 Å². The van der Waals surface area contributed by atoms with Gasteiger partial charge < -0.3 is 5.32 Å². The highest BCUT2D eigenvalue weighted by molar-refractivity contribution is 8.17. The summed E-state index contributed by atoms with van der Waals surface area (Å²) in [4.78, 5) is 25.8. The molecule has 0 aromatic heterocycles. The molecular formula is C18H18FNO2S. The normalized spacial score (nSPS) is 25.4. The predicted octanol–water partition coefficient (Wildman–Crippen LogP) is 3.17. The van der Waals surface area contributed by atoms with Gasteiger partial charge in [0, 0.05) is 30.5 Å². The summed E-state index contributed by atoms with van der Waals surface area (Å²) in [6, 6.07) is 6.29. The molecule has 1 saturated carbocycles. The average molecular weight is 331 g/mol. The van der Waals surface area contributed by atoms with Crippen molar-refractivity contribution in [2.45, 2.75) is 37.6 Å². The molecule has 2 heterocycles. The molecule has 23 heavy (non-hydrogen) atoms. The number of hydrogen-bond acceptors (Lipinski definition) is 4. The standard InChI is InChI=1S/C18H18FNO2S/c19-13-4-2-1-3-11(13)16(18(22)10-5-6-10)17-12-9-15(21)23-14(12)7-8-20-17/h1-4,10,16-17,20H,5-9H2. The van der Waals surface area contributed by atoms with Gasteiger partial charge in [0.05, 0.1) is 5.92 Å². The van der Waals surface area contributed by atoms with Gasteiger partial charge in [-0.2, -0.15) is 0 Å². The zero-order valence-corrected chi connectivity index (χ0v) is 13.5. The largest absolute Gasteiger partial charge is 0.309 e. The summed E-state index contributed by atoms with van der Waals surface area (Å²) in [5.74, 6) is -0.693. The summed E-state index contributed by atoms with van der Waals surface area (Å²) in [6.45, 7) is 0.729. The minimum Gasteiger partial charge on any atom is -0.309 e. The third kappa shape index (κ3) is 2.76. The van der Waals surface area contributed by atoms with Gasteiger partial charge in [-0.1, -0.05) is 30.0 Å². The zero-order chi connectivity index (χ0) is 16.0. The lowest BCUT2D eigenvalue weighted by molar-refractivity contribution is -0.122. The number of thioether (sulfide) groups is 1. The number of nitrogens with one attached hydrogen (secondary N) is 1. The lowest BCUT2D eigenvalue weighted by Crippen LogP contribution is -2.43. The Morgan fingerprint density at radius 2 is 2.09 bits per heavy atom. The maximum Gasteiger partial charge on any atom is 0.197 e. The number of benzene rings is 1. The number of halogens is 1. The van der Waals surface area contributed by atoms with E-state index in [9.17, 15) is 14.0 Å². The molecule has 2 aliphatic heterocycles. The smallest absolute Gasteiger partial charge is 0.197 e. The van der Waals surface area contributed by atoms with Crippen LogP contribution in [0.15, 0.2) is 34.7 Å². The fourth-order valence-electron chi connectivity index (χ4n) is 3.62. The SMILES string of the molecule is O=C1CC2=C(CCNC2C(C(=O)C2CC2)c2ccccc2F)S1. The molecule has 1 N–H and O–H groups in total. The summed E-state index contributed by atoms with van der Waals surface area (Å²) >= 11 is 1.30. The molecule has 1 aromatic rings. The molecule has 0 saturated heterocycles. The van der Waals surface area contributed by atoms with E-state index in [2.05, 4.69) is 5.32 Å². The van der Waals surface area contributed by atoms with Crippen LogP contribution in [0.25, 0.3) is 0 Å². The number of rotatable bonds is 4. The van der Waals surface area contributed by atoms with E-state index in [1.54, 1.807) is 18.2 Å². The van der Waals surface area contributed by atoms with Gasteiger partial charge in [-0.05, 0) is 35.8 Å². The number of carbonyl (C=O) groups is 2. The highest BCUT2D eigenvalue weighted by Gasteiger charge is 2.44. The molecule has 120 valence electrons. The molecule has 0 spiro atoms. The monoisotopic (exact) mass is 331 g/mol. The van der Waals surface area contributed by atoms with Crippen molar-refractivity contribution in [3.8, 4) is 0 Å². The Balaban J connectivity index is 1.76. The maximum absolute atomic E-state index is 14.4. The molecule has 3 aliphatic rings. The van der Waals surface area contributed by atoms with E-state index in [4.69, 9.17) is 0 Å². The minimum atomic E-state index is -0.527. The molecule has 0 bridgehead atoms. The van der Waals surface area contributed by atoms with Crippen molar-refractivity contribution in [1.29, 1.82) is 0 Å². The van der Waals surface area contributed by atoms with Crippen LogP contribution < -0.4 is 5.32 Å². The zero-order valence-electron chi connectivity index (χ0n) is 12.7. The maximum atomic E-state index is 14.4. The first-order chi connectivity index (χ1) is 11.1. The van der Waals surface area contributed by atoms with E-state index in [1.165, 1.54) is 17.8 Å². The third-order valence-electron chi connectivity index (χ3n) is 4.88. The number of carbonyl (C=O) groups excluding carboxylic acids is 2. The second kappa shape index (κ2) is 5.87. The number of hydrogen-bond donors (Lipinski definition) is 1. The molecule has 3 nitrogen and oxygen atoms in total. The Kier molecular flexibility index (Phi) is 3.85.